The van der Waals surface area contributed by atoms with Crippen LogP contribution < -0.4 is 4.90 Å². The van der Waals surface area contributed by atoms with Gasteiger partial charge >= 0.3 is 0 Å². The fourth-order valence-electron chi connectivity index (χ4n) is 1.77. The average molecular weight is 205 g/mol. The normalized spacial score (nSPS) is 18.1. The molecule has 1 fully saturated rings. The van der Waals surface area contributed by atoms with E-state index in [2.05, 4.69) is 32.9 Å². The first kappa shape index (κ1) is 10.4. The Hall–Kier alpha value is -1.16. The quantitative estimate of drug-likeness (QED) is 0.712. The first-order valence-electron chi connectivity index (χ1n) is 5.48. The summed E-state index contributed by atoms with van der Waals surface area (Å²) in [6.45, 7) is 9.54. The fourth-order valence-corrected chi connectivity index (χ4v) is 1.77. The lowest BCUT2D eigenvalue weighted by molar-refractivity contribution is 0.270. The highest BCUT2D eigenvalue weighted by molar-refractivity contribution is 5.30. The number of hydrogen-bond acceptors (Lipinski definition) is 4. The highest BCUT2D eigenvalue weighted by Gasteiger charge is 2.17. The number of anilines is 1. The van der Waals surface area contributed by atoms with E-state index in [1.165, 1.54) is 0 Å². The molecule has 0 saturated carbocycles. The molecule has 4 heteroatoms. The molecule has 0 unspecified atom stereocenters. The molecule has 4 nitrogen and oxygen atoms in total. The lowest BCUT2D eigenvalue weighted by Crippen LogP contribution is -2.46. The van der Waals surface area contributed by atoms with Gasteiger partial charge in [-0.3, -0.25) is 0 Å². The Balaban J connectivity index is 1.98. The van der Waals surface area contributed by atoms with Crippen molar-refractivity contribution in [3.8, 4) is 0 Å². The lowest BCUT2D eigenvalue weighted by Gasteiger charge is -2.33. The van der Waals surface area contributed by atoms with E-state index in [-0.39, 0.29) is 0 Å². The molecule has 1 saturated heterocycles. The van der Waals surface area contributed by atoms with Crippen LogP contribution in [0.25, 0.3) is 0 Å². The van der Waals surface area contributed by atoms with Gasteiger partial charge in [-0.1, -0.05) is 6.92 Å². The molecule has 1 aliphatic rings. The van der Waals surface area contributed by atoms with E-state index in [9.17, 15) is 0 Å². The molecule has 1 aromatic rings. The van der Waals surface area contributed by atoms with Crippen LogP contribution in [0, 0.1) is 13.1 Å². The number of aryl methyl sites for hydroxylation is 1. The fraction of sp³-hybridized carbons (Fsp3) is 0.636. The molecule has 0 spiro atoms. The van der Waals surface area contributed by atoms with Gasteiger partial charge in [0.2, 0.25) is 5.95 Å². The van der Waals surface area contributed by atoms with Crippen LogP contribution in [0.1, 0.15) is 12.5 Å². The molecular formula is C11H17N4. The predicted molar refractivity (Wildman–Crippen MR) is 59.9 cm³/mol. The largest absolute Gasteiger partial charge is 0.338 e. The van der Waals surface area contributed by atoms with Crippen LogP contribution in [0.4, 0.5) is 5.95 Å². The molecular weight excluding hydrogens is 188 g/mol. The van der Waals surface area contributed by atoms with Crippen molar-refractivity contribution in [1.82, 2.24) is 14.9 Å². The van der Waals surface area contributed by atoms with Gasteiger partial charge in [-0.05, 0) is 19.0 Å². The van der Waals surface area contributed by atoms with E-state index >= 15 is 0 Å². The van der Waals surface area contributed by atoms with Gasteiger partial charge in [0.15, 0.2) is 0 Å². The van der Waals surface area contributed by atoms with Gasteiger partial charge in [-0.15, -0.1) is 0 Å². The second-order valence-electron chi connectivity index (χ2n) is 3.89. The van der Waals surface area contributed by atoms with Gasteiger partial charge in [0.25, 0.3) is 0 Å². The molecule has 1 radical (unpaired) electrons. The summed E-state index contributed by atoms with van der Waals surface area (Å²) in [5, 5.41) is 0. The van der Waals surface area contributed by atoms with Crippen molar-refractivity contribution in [3.63, 3.8) is 0 Å². The molecule has 0 atom stereocenters. The highest BCUT2D eigenvalue weighted by atomic mass is 15.3. The van der Waals surface area contributed by atoms with Crippen molar-refractivity contribution < 1.29 is 0 Å². The summed E-state index contributed by atoms with van der Waals surface area (Å²) in [6.07, 6.45) is 4.78. The molecule has 0 aliphatic carbocycles. The summed E-state index contributed by atoms with van der Waals surface area (Å²) in [6, 6.07) is 0. The molecule has 2 rings (SSSR count). The van der Waals surface area contributed by atoms with Crippen LogP contribution in [0.5, 0.6) is 0 Å². The molecule has 81 valence electrons. The van der Waals surface area contributed by atoms with Crippen LogP contribution in [-0.2, 0) is 0 Å². The second kappa shape index (κ2) is 4.57. The minimum absolute atomic E-state index is 0.816. The van der Waals surface area contributed by atoms with Gasteiger partial charge < -0.3 is 9.80 Å². The van der Waals surface area contributed by atoms with Crippen LogP contribution in [0.2, 0.25) is 0 Å². The third-order valence-electron chi connectivity index (χ3n) is 2.81. The number of likely N-dealkylation sites (N-methyl/N-ethyl adjacent to an activating group) is 1. The maximum Gasteiger partial charge on any atom is 0.226 e. The van der Waals surface area contributed by atoms with Crippen molar-refractivity contribution in [3.05, 3.63) is 18.0 Å². The zero-order valence-corrected chi connectivity index (χ0v) is 9.40. The zero-order valence-electron chi connectivity index (χ0n) is 9.40. The number of nitrogens with zero attached hydrogens (tertiary/aromatic N) is 4. The minimum Gasteiger partial charge on any atom is -0.338 e. The summed E-state index contributed by atoms with van der Waals surface area (Å²) < 4.78 is 0. The number of piperazine rings is 1. The van der Waals surface area contributed by atoms with Crippen molar-refractivity contribution in [2.45, 2.75) is 13.8 Å². The third kappa shape index (κ3) is 2.45. The van der Waals surface area contributed by atoms with Crippen molar-refractivity contribution in [1.29, 1.82) is 0 Å². The lowest BCUT2D eigenvalue weighted by atomic mass is 10.3. The maximum absolute atomic E-state index is 4.32. The van der Waals surface area contributed by atoms with Crippen LogP contribution in [-0.4, -0.2) is 47.6 Å². The minimum atomic E-state index is 0.816. The SMILES string of the molecule is CCN1CCN(c2n[c]c(C)cn2)CC1. The molecule has 1 aliphatic heterocycles. The topological polar surface area (TPSA) is 32.3 Å². The number of rotatable bonds is 2. The Labute approximate surface area is 90.9 Å². The van der Waals surface area contributed by atoms with E-state index in [4.69, 9.17) is 0 Å². The number of hydrogen-bond donors (Lipinski definition) is 0. The van der Waals surface area contributed by atoms with E-state index < -0.39 is 0 Å². The first-order chi connectivity index (χ1) is 7.29. The summed E-state index contributed by atoms with van der Waals surface area (Å²) in [4.78, 5) is 13.2. The third-order valence-corrected chi connectivity index (χ3v) is 2.81. The van der Waals surface area contributed by atoms with E-state index in [0.717, 1.165) is 44.2 Å². The Morgan fingerprint density at radius 3 is 2.60 bits per heavy atom. The van der Waals surface area contributed by atoms with Crippen LogP contribution in [0.3, 0.4) is 0 Å². The van der Waals surface area contributed by atoms with Crippen LogP contribution in [0.15, 0.2) is 6.20 Å². The van der Waals surface area contributed by atoms with Crippen molar-refractivity contribution >= 4 is 5.95 Å². The summed E-state index contributed by atoms with van der Waals surface area (Å²) in [5.74, 6) is 0.816. The summed E-state index contributed by atoms with van der Waals surface area (Å²) >= 11 is 0. The number of aromatic nitrogens is 2. The van der Waals surface area contributed by atoms with Crippen molar-refractivity contribution in [2.24, 2.45) is 0 Å². The summed E-state index contributed by atoms with van der Waals surface area (Å²) in [5.41, 5.74) is 0.992. The van der Waals surface area contributed by atoms with Gasteiger partial charge in [-0.2, -0.15) is 0 Å². The van der Waals surface area contributed by atoms with Gasteiger partial charge in [0.05, 0.1) is 6.20 Å². The smallest absolute Gasteiger partial charge is 0.226 e. The standard InChI is InChI=1S/C11H17N4/c1-3-14-4-6-15(7-5-14)11-12-8-10(2)9-13-11/h8H,3-7H2,1-2H3. The molecule has 0 N–H and O–H groups in total. The van der Waals surface area contributed by atoms with E-state index in [1.807, 2.05) is 13.1 Å². The predicted octanol–water partition coefficient (Wildman–Crippen LogP) is 0.727. The Morgan fingerprint density at radius 1 is 1.33 bits per heavy atom. The van der Waals surface area contributed by atoms with Gasteiger partial charge in [-0.25, -0.2) is 9.97 Å². The van der Waals surface area contributed by atoms with E-state index in [1.54, 1.807) is 0 Å². The molecule has 1 aromatic heterocycles. The molecule has 2 heterocycles. The molecule has 0 bridgehead atoms. The Bertz CT molecular complexity index is 301. The average Bonchev–Trinajstić information content (AvgIpc) is 2.30. The monoisotopic (exact) mass is 205 g/mol. The van der Waals surface area contributed by atoms with Gasteiger partial charge in [0.1, 0.15) is 0 Å². The van der Waals surface area contributed by atoms with E-state index in [0.29, 0.717) is 0 Å². The zero-order chi connectivity index (χ0) is 10.7. The molecule has 15 heavy (non-hydrogen) atoms. The summed E-state index contributed by atoms with van der Waals surface area (Å²) in [7, 11) is 0. The Kier molecular flexibility index (Phi) is 3.16. The molecule has 0 aromatic carbocycles. The first-order valence-corrected chi connectivity index (χ1v) is 5.48. The maximum atomic E-state index is 4.32. The molecule has 0 amide bonds. The highest BCUT2D eigenvalue weighted by Crippen LogP contribution is 2.09. The second-order valence-corrected chi connectivity index (χ2v) is 3.89. The van der Waals surface area contributed by atoms with Crippen LogP contribution >= 0.6 is 0 Å². The van der Waals surface area contributed by atoms with Crippen molar-refractivity contribution in [2.75, 3.05) is 37.6 Å². The Morgan fingerprint density at radius 2 is 2.07 bits per heavy atom. The van der Waals surface area contributed by atoms with Gasteiger partial charge in [0, 0.05) is 32.4 Å².